The van der Waals surface area contributed by atoms with Crippen LogP contribution >= 0.6 is 11.6 Å². The number of rotatable bonds is 4. The Morgan fingerprint density at radius 1 is 1.17 bits per heavy atom. The average Bonchev–Trinajstić information content (AvgIpc) is 3.06. The van der Waals surface area contributed by atoms with E-state index in [4.69, 9.17) is 27.1 Å². The summed E-state index contributed by atoms with van der Waals surface area (Å²) >= 11 is 5.91. The number of hydrogen-bond acceptors (Lipinski definition) is 4. The molecule has 0 radical (unpaired) electrons. The molecule has 3 aromatic rings. The molecule has 1 heterocycles. The number of nitrogens with two attached hydrogens (primary N) is 1. The molecule has 5 nitrogen and oxygen atoms in total. The molecule has 0 spiro atoms. The van der Waals surface area contributed by atoms with Gasteiger partial charge in [0.15, 0.2) is 0 Å². The summed E-state index contributed by atoms with van der Waals surface area (Å²) in [4.78, 5) is 29.1. The number of pyridine rings is 1. The standard InChI is InChI=1S/C23H18ClFN2O3/c1-11(2)30-23(29)13-3-5-15-14(7-13)8-16-17(22(26)28)10-20(27-21(15)16)12-4-6-19(25)18(24)9-12/h3-7,9-11H,8H2,1-2H3,(H2,26,28). The van der Waals surface area contributed by atoms with E-state index in [0.29, 0.717) is 40.1 Å². The SMILES string of the molecule is CC(C)OC(=O)c1ccc2c(c1)Cc1c(C(N)=O)cc(-c3ccc(F)c(Cl)c3)nc1-2. The third-order valence-electron chi connectivity index (χ3n) is 4.91. The molecule has 1 aromatic heterocycles. The summed E-state index contributed by atoms with van der Waals surface area (Å²) in [5, 5.41) is -0.0378. The average molecular weight is 425 g/mol. The molecule has 1 aliphatic rings. The lowest BCUT2D eigenvalue weighted by Gasteiger charge is -2.10. The number of carbonyl (C=O) groups excluding carboxylic acids is 2. The Balaban J connectivity index is 1.82. The van der Waals surface area contributed by atoms with E-state index in [0.717, 1.165) is 11.1 Å². The Hall–Kier alpha value is -3.25. The monoisotopic (exact) mass is 424 g/mol. The highest BCUT2D eigenvalue weighted by molar-refractivity contribution is 6.31. The predicted molar refractivity (Wildman–Crippen MR) is 112 cm³/mol. The molecule has 0 unspecified atom stereocenters. The summed E-state index contributed by atoms with van der Waals surface area (Å²) in [5.41, 5.74) is 10.4. The first-order chi connectivity index (χ1) is 14.2. The molecule has 2 aromatic carbocycles. The highest BCUT2D eigenvalue weighted by Crippen LogP contribution is 2.39. The molecule has 0 aliphatic heterocycles. The van der Waals surface area contributed by atoms with Crippen LogP contribution in [0.5, 0.6) is 0 Å². The third kappa shape index (κ3) is 3.55. The van der Waals surface area contributed by atoms with Gasteiger partial charge < -0.3 is 10.5 Å². The Morgan fingerprint density at radius 3 is 2.60 bits per heavy atom. The van der Waals surface area contributed by atoms with Gasteiger partial charge in [-0.05, 0) is 61.4 Å². The van der Waals surface area contributed by atoms with E-state index in [1.807, 2.05) is 0 Å². The van der Waals surface area contributed by atoms with Gasteiger partial charge in [-0.25, -0.2) is 14.2 Å². The van der Waals surface area contributed by atoms with E-state index in [1.54, 1.807) is 44.2 Å². The first-order valence-corrected chi connectivity index (χ1v) is 9.76. The van der Waals surface area contributed by atoms with Crippen LogP contribution in [-0.2, 0) is 11.2 Å². The van der Waals surface area contributed by atoms with Crippen LogP contribution in [0.1, 0.15) is 45.7 Å². The van der Waals surface area contributed by atoms with E-state index < -0.39 is 17.7 Å². The molecular weight excluding hydrogens is 407 g/mol. The van der Waals surface area contributed by atoms with E-state index in [1.165, 1.54) is 12.1 Å². The third-order valence-corrected chi connectivity index (χ3v) is 5.20. The van der Waals surface area contributed by atoms with Gasteiger partial charge in [0.25, 0.3) is 0 Å². The van der Waals surface area contributed by atoms with Crippen LogP contribution in [0.4, 0.5) is 4.39 Å². The van der Waals surface area contributed by atoms with Gasteiger partial charge in [-0.2, -0.15) is 0 Å². The van der Waals surface area contributed by atoms with Crippen molar-refractivity contribution in [3.63, 3.8) is 0 Å². The molecule has 0 bridgehead atoms. The molecular formula is C23H18ClFN2O3. The van der Waals surface area contributed by atoms with Crippen molar-refractivity contribution in [2.75, 3.05) is 0 Å². The summed E-state index contributed by atoms with van der Waals surface area (Å²) in [6.45, 7) is 3.57. The molecule has 0 fully saturated rings. The zero-order valence-electron chi connectivity index (χ0n) is 16.3. The van der Waals surface area contributed by atoms with Crippen LogP contribution < -0.4 is 5.73 Å². The normalized spacial score (nSPS) is 11.9. The minimum atomic E-state index is -0.588. The number of ether oxygens (including phenoxy) is 1. The van der Waals surface area contributed by atoms with Crippen molar-refractivity contribution in [1.29, 1.82) is 0 Å². The van der Waals surface area contributed by atoms with Gasteiger partial charge in [0, 0.05) is 23.1 Å². The molecule has 0 saturated heterocycles. The Kier molecular flexibility index (Phi) is 5.03. The second-order valence-electron chi connectivity index (χ2n) is 7.38. The fourth-order valence-corrected chi connectivity index (χ4v) is 3.75. The van der Waals surface area contributed by atoms with E-state index in [-0.39, 0.29) is 11.1 Å². The molecule has 0 saturated carbocycles. The molecule has 0 atom stereocenters. The smallest absolute Gasteiger partial charge is 0.338 e. The van der Waals surface area contributed by atoms with Crippen LogP contribution in [0, 0.1) is 5.82 Å². The predicted octanol–water partition coefficient (Wildman–Crippen LogP) is 4.78. The van der Waals surface area contributed by atoms with Gasteiger partial charge in [0.05, 0.1) is 28.1 Å². The van der Waals surface area contributed by atoms with Crippen molar-refractivity contribution in [3.05, 3.63) is 75.6 Å². The van der Waals surface area contributed by atoms with Crippen molar-refractivity contribution in [3.8, 4) is 22.5 Å². The Bertz CT molecular complexity index is 1210. The Morgan fingerprint density at radius 2 is 1.93 bits per heavy atom. The molecule has 1 aliphatic carbocycles. The maximum absolute atomic E-state index is 13.6. The van der Waals surface area contributed by atoms with Gasteiger partial charge in [-0.1, -0.05) is 17.7 Å². The first-order valence-electron chi connectivity index (χ1n) is 9.38. The topological polar surface area (TPSA) is 82.3 Å². The molecule has 1 amide bonds. The van der Waals surface area contributed by atoms with Gasteiger partial charge in [0.2, 0.25) is 5.91 Å². The number of carbonyl (C=O) groups is 2. The van der Waals surface area contributed by atoms with Crippen molar-refractivity contribution in [2.45, 2.75) is 26.4 Å². The number of amides is 1. The second kappa shape index (κ2) is 7.54. The highest BCUT2D eigenvalue weighted by Gasteiger charge is 2.27. The number of nitrogens with zero attached hydrogens (tertiary/aromatic N) is 1. The number of hydrogen-bond donors (Lipinski definition) is 1. The minimum absolute atomic E-state index is 0.0378. The summed E-state index contributed by atoms with van der Waals surface area (Å²) in [7, 11) is 0. The van der Waals surface area contributed by atoms with Crippen molar-refractivity contribution < 1.29 is 18.7 Å². The largest absolute Gasteiger partial charge is 0.459 e. The second-order valence-corrected chi connectivity index (χ2v) is 7.79. The van der Waals surface area contributed by atoms with Crippen molar-refractivity contribution in [1.82, 2.24) is 4.98 Å². The summed E-state index contributed by atoms with van der Waals surface area (Å²) in [6, 6.07) is 11.0. The fourth-order valence-electron chi connectivity index (χ4n) is 3.57. The molecule has 2 N–H and O–H groups in total. The quantitative estimate of drug-likeness (QED) is 0.478. The van der Waals surface area contributed by atoms with Crippen molar-refractivity contribution in [2.24, 2.45) is 5.73 Å². The molecule has 4 rings (SSSR count). The lowest BCUT2D eigenvalue weighted by Crippen LogP contribution is -2.14. The summed E-state index contributed by atoms with van der Waals surface area (Å²) in [6.07, 6.45) is 0.194. The molecule has 7 heteroatoms. The fraction of sp³-hybridized carbons (Fsp3) is 0.174. The number of benzene rings is 2. The summed E-state index contributed by atoms with van der Waals surface area (Å²) in [5.74, 6) is -1.54. The maximum Gasteiger partial charge on any atom is 0.338 e. The number of fused-ring (bicyclic) bond motifs is 3. The van der Waals surface area contributed by atoms with Crippen LogP contribution in [0.15, 0.2) is 42.5 Å². The van der Waals surface area contributed by atoms with Gasteiger partial charge >= 0.3 is 5.97 Å². The van der Waals surface area contributed by atoms with Gasteiger partial charge in [-0.3, -0.25) is 4.79 Å². The minimum Gasteiger partial charge on any atom is -0.459 e. The number of aromatic nitrogens is 1. The number of halogens is 2. The first kappa shape index (κ1) is 20.0. The van der Waals surface area contributed by atoms with Crippen LogP contribution in [-0.4, -0.2) is 23.0 Å². The Labute approximate surface area is 177 Å². The van der Waals surface area contributed by atoms with Gasteiger partial charge in [-0.15, -0.1) is 0 Å². The zero-order chi connectivity index (χ0) is 21.6. The van der Waals surface area contributed by atoms with E-state index >= 15 is 0 Å². The van der Waals surface area contributed by atoms with E-state index in [9.17, 15) is 14.0 Å². The molecule has 152 valence electrons. The van der Waals surface area contributed by atoms with Gasteiger partial charge in [0.1, 0.15) is 5.82 Å². The molecule has 30 heavy (non-hydrogen) atoms. The van der Waals surface area contributed by atoms with Crippen LogP contribution in [0.3, 0.4) is 0 Å². The lowest BCUT2D eigenvalue weighted by molar-refractivity contribution is 0.0377. The van der Waals surface area contributed by atoms with E-state index in [2.05, 4.69) is 0 Å². The van der Waals surface area contributed by atoms with Crippen LogP contribution in [0.25, 0.3) is 22.5 Å². The van der Waals surface area contributed by atoms with Crippen LogP contribution in [0.2, 0.25) is 5.02 Å². The number of esters is 1. The maximum atomic E-state index is 13.6. The number of primary amides is 1. The van der Waals surface area contributed by atoms with Crippen molar-refractivity contribution >= 4 is 23.5 Å². The highest BCUT2D eigenvalue weighted by atomic mass is 35.5. The lowest BCUT2D eigenvalue weighted by atomic mass is 10.0. The zero-order valence-corrected chi connectivity index (χ0v) is 17.1. The summed E-state index contributed by atoms with van der Waals surface area (Å²) < 4.78 is 18.8.